The van der Waals surface area contributed by atoms with Crippen molar-refractivity contribution in [3.8, 4) is 5.75 Å². The van der Waals surface area contributed by atoms with Gasteiger partial charge in [0.05, 0.1) is 23.6 Å². The van der Waals surface area contributed by atoms with Crippen LogP contribution in [0.1, 0.15) is 53.7 Å². The number of rotatable bonds is 6. The number of pyridine rings is 1. The maximum absolute atomic E-state index is 13.6. The number of nitrogens with zero attached hydrogens (tertiary/aromatic N) is 2. The largest absolute Gasteiger partial charge is 0.494 e. The molecule has 0 fully saturated rings. The van der Waals surface area contributed by atoms with Crippen molar-refractivity contribution in [2.75, 3.05) is 11.5 Å². The second-order valence-electron chi connectivity index (χ2n) is 8.99. The Labute approximate surface area is 197 Å². The maximum Gasteiger partial charge on any atom is 0.296 e. The Kier molecular flexibility index (Phi) is 5.65. The molecule has 2 aromatic heterocycles. The lowest BCUT2D eigenvalue weighted by molar-refractivity contribution is 0.0970. The van der Waals surface area contributed by atoms with Crippen LogP contribution in [0.15, 0.2) is 75.9 Å². The number of para-hydroxylation sites is 1. The van der Waals surface area contributed by atoms with Gasteiger partial charge in [-0.2, -0.15) is 0 Å². The summed E-state index contributed by atoms with van der Waals surface area (Å²) in [4.78, 5) is 33.4. The SMILES string of the molecule is Cc1cccc(N2C(=O)c3oc4ccccc4c(=O)c3[C@@H]2c2cccc(OCCC(C)C)c2)n1. The Hall–Kier alpha value is -3.93. The van der Waals surface area contributed by atoms with Crippen molar-refractivity contribution in [1.82, 2.24) is 4.98 Å². The number of ether oxygens (including phenoxy) is 1. The molecule has 0 radical (unpaired) electrons. The molecule has 4 aromatic rings. The van der Waals surface area contributed by atoms with Crippen molar-refractivity contribution in [2.24, 2.45) is 5.92 Å². The van der Waals surface area contributed by atoms with Crippen molar-refractivity contribution in [2.45, 2.75) is 33.2 Å². The molecule has 0 unspecified atom stereocenters. The van der Waals surface area contributed by atoms with Crippen LogP contribution in [-0.4, -0.2) is 17.5 Å². The van der Waals surface area contributed by atoms with Gasteiger partial charge in [-0.15, -0.1) is 0 Å². The highest BCUT2D eigenvalue weighted by Gasteiger charge is 2.44. The summed E-state index contributed by atoms with van der Waals surface area (Å²) in [5.41, 5.74) is 2.04. The molecular formula is C28H26N2O4. The summed E-state index contributed by atoms with van der Waals surface area (Å²) in [5.74, 6) is 1.37. The van der Waals surface area contributed by atoms with Crippen LogP contribution in [0.5, 0.6) is 5.75 Å². The lowest BCUT2D eigenvalue weighted by Gasteiger charge is -2.25. The number of carbonyl (C=O) groups is 1. The molecule has 172 valence electrons. The third-order valence-electron chi connectivity index (χ3n) is 6.04. The monoisotopic (exact) mass is 454 g/mol. The first-order valence-corrected chi connectivity index (χ1v) is 11.5. The van der Waals surface area contributed by atoms with Gasteiger partial charge in [0.1, 0.15) is 17.2 Å². The van der Waals surface area contributed by atoms with E-state index in [0.29, 0.717) is 40.6 Å². The zero-order chi connectivity index (χ0) is 23.8. The van der Waals surface area contributed by atoms with Gasteiger partial charge < -0.3 is 9.15 Å². The Morgan fingerprint density at radius 2 is 1.82 bits per heavy atom. The minimum atomic E-state index is -0.675. The van der Waals surface area contributed by atoms with Crippen LogP contribution in [0.2, 0.25) is 0 Å². The Morgan fingerprint density at radius 3 is 2.62 bits per heavy atom. The van der Waals surface area contributed by atoms with Crippen molar-refractivity contribution in [3.63, 3.8) is 0 Å². The number of fused-ring (bicyclic) bond motifs is 2. The first-order chi connectivity index (χ1) is 16.4. The van der Waals surface area contributed by atoms with E-state index >= 15 is 0 Å². The molecule has 1 atom stereocenters. The molecule has 0 spiro atoms. The Morgan fingerprint density at radius 1 is 1.03 bits per heavy atom. The van der Waals surface area contributed by atoms with Crippen LogP contribution in [0, 0.1) is 12.8 Å². The zero-order valence-corrected chi connectivity index (χ0v) is 19.4. The molecule has 0 bridgehead atoms. The second kappa shape index (κ2) is 8.78. The number of carbonyl (C=O) groups excluding carboxylic acids is 1. The van der Waals surface area contributed by atoms with Crippen molar-refractivity contribution in [3.05, 3.63) is 99.5 Å². The van der Waals surface area contributed by atoms with Crippen LogP contribution in [0.4, 0.5) is 5.82 Å². The lowest BCUT2D eigenvalue weighted by Crippen LogP contribution is -2.30. The van der Waals surface area contributed by atoms with E-state index < -0.39 is 6.04 Å². The highest BCUT2D eigenvalue weighted by Crippen LogP contribution is 2.41. The van der Waals surface area contributed by atoms with E-state index in [1.165, 1.54) is 0 Å². The van der Waals surface area contributed by atoms with E-state index in [1.54, 1.807) is 35.2 Å². The van der Waals surface area contributed by atoms with Crippen LogP contribution in [0.3, 0.4) is 0 Å². The first-order valence-electron chi connectivity index (χ1n) is 11.5. The fourth-order valence-electron chi connectivity index (χ4n) is 4.32. The lowest BCUT2D eigenvalue weighted by atomic mass is 9.98. The third-order valence-corrected chi connectivity index (χ3v) is 6.04. The van der Waals surface area contributed by atoms with E-state index in [2.05, 4.69) is 18.8 Å². The van der Waals surface area contributed by atoms with Crippen LogP contribution >= 0.6 is 0 Å². The molecule has 0 saturated carbocycles. The van der Waals surface area contributed by atoms with Crippen LogP contribution in [-0.2, 0) is 0 Å². The highest BCUT2D eigenvalue weighted by atomic mass is 16.5. The normalized spacial score (nSPS) is 15.2. The quantitative estimate of drug-likeness (QED) is 0.375. The molecule has 6 heteroatoms. The Bertz CT molecular complexity index is 1440. The van der Waals surface area contributed by atoms with Gasteiger partial charge in [-0.3, -0.25) is 14.5 Å². The molecule has 6 nitrogen and oxygen atoms in total. The van der Waals surface area contributed by atoms with Gasteiger partial charge in [0.25, 0.3) is 5.91 Å². The van der Waals surface area contributed by atoms with Crippen molar-refractivity contribution >= 4 is 22.7 Å². The van der Waals surface area contributed by atoms with Crippen molar-refractivity contribution < 1.29 is 13.9 Å². The summed E-state index contributed by atoms with van der Waals surface area (Å²) in [6.45, 7) is 6.76. The van der Waals surface area contributed by atoms with Gasteiger partial charge in [0, 0.05) is 5.69 Å². The molecule has 34 heavy (non-hydrogen) atoms. The summed E-state index contributed by atoms with van der Waals surface area (Å²) >= 11 is 0. The standard InChI is InChI=1S/C28H26N2O4/c1-17(2)14-15-33-20-10-7-9-19(16-20)25-24-26(31)21-11-4-5-12-22(21)34-27(24)28(32)30(25)23-13-6-8-18(3)29-23/h4-13,16-17,25H,14-15H2,1-3H3/t25-/m0/s1. The summed E-state index contributed by atoms with van der Waals surface area (Å²) < 4.78 is 12.0. The predicted octanol–water partition coefficient (Wildman–Crippen LogP) is 5.67. The molecule has 3 heterocycles. The molecule has 1 aliphatic rings. The average molecular weight is 455 g/mol. The number of amides is 1. The number of aryl methyl sites for hydroxylation is 1. The molecule has 0 saturated heterocycles. The molecular weight excluding hydrogens is 428 g/mol. The van der Waals surface area contributed by atoms with Gasteiger partial charge in [-0.25, -0.2) is 4.98 Å². The number of benzene rings is 2. The molecule has 0 N–H and O–H groups in total. The third kappa shape index (κ3) is 3.85. The van der Waals surface area contributed by atoms with E-state index in [0.717, 1.165) is 17.7 Å². The summed E-state index contributed by atoms with van der Waals surface area (Å²) in [5, 5.41) is 0.447. The summed E-state index contributed by atoms with van der Waals surface area (Å²) in [6, 6.07) is 19.4. The molecule has 1 amide bonds. The van der Waals surface area contributed by atoms with Gasteiger partial charge in [-0.05, 0) is 61.2 Å². The first kappa shape index (κ1) is 21.9. The number of anilines is 1. The topological polar surface area (TPSA) is 72.6 Å². The predicted molar refractivity (Wildman–Crippen MR) is 132 cm³/mol. The number of hydrogen-bond acceptors (Lipinski definition) is 5. The van der Waals surface area contributed by atoms with E-state index in [1.807, 2.05) is 43.3 Å². The minimum absolute atomic E-state index is 0.0585. The molecule has 5 rings (SSSR count). The van der Waals surface area contributed by atoms with Crippen LogP contribution in [0.25, 0.3) is 11.0 Å². The van der Waals surface area contributed by atoms with E-state index in [-0.39, 0.29) is 17.1 Å². The van der Waals surface area contributed by atoms with Crippen LogP contribution < -0.4 is 15.1 Å². The summed E-state index contributed by atoms with van der Waals surface area (Å²) in [6.07, 6.45) is 0.934. The Balaban J connectivity index is 1.68. The molecule has 1 aliphatic heterocycles. The highest BCUT2D eigenvalue weighted by molar-refractivity contribution is 6.10. The number of aromatic nitrogens is 1. The number of hydrogen-bond donors (Lipinski definition) is 0. The average Bonchev–Trinajstić information content (AvgIpc) is 3.12. The second-order valence-corrected chi connectivity index (χ2v) is 8.99. The van der Waals surface area contributed by atoms with Gasteiger partial charge in [0.2, 0.25) is 5.76 Å². The van der Waals surface area contributed by atoms with Gasteiger partial charge in [-0.1, -0.05) is 44.2 Å². The molecule has 0 aliphatic carbocycles. The fourth-order valence-corrected chi connectivity index (χ4v) is 4.32. The maximum atomic E-state index is 13.6. The molecule has 2 aromatic carbocycles. The van der Waals surface area contributed by atoms with Gasteiger partial charge in [0.15, 0.2) is 5.43 Å². The fraction of sp³-hybridized carbons (Fsp3) is 0.250. The van der Waals surface area contributed by atoms with Gasteiger partial charge >= 0.3 is 0 Å². The smallest absolute Gasteiger partial charge is 0.296 e. The van der Waals surface area contributed by atoms with E-state index in [9.17, 15) is 9.59 Å². The minimum Gasteiger partial charge on any atom is -0.494 e. The summed E-state index contributed by atoms with van der Waals surface area (Å²) in [7, 11) is 0. The van der Waals surface area contributed by atoms with Crippen molar-refractivity contribution in [1.29, 1.82) is 0 Å². The zero-order valence-electron chi connectivity index (χ0n) is 19.4. The van der Waals surface area contributed by atoms with E-state index in [4.69, 9.17) is 9.15 Å².